The monoisotopic (exact) mass is 305 g/mol. The fraction of sp³-hybridized carbons (Fsp3) is 0.500. The first-order chi connectivity index (χ1) is 10.4. The van der Waals surface area contributed by atoms with Gasteiger partial charge in [0.15, 0.2) is 0 Å². The van der Waals surface area contributed by atoms with Crippen molar-refractivity contribution >= 4 is 5.91 Å². The fourth-order valence-corrected chi connectivity index (χ4v) is 2.58. The minimum absolute atomic E-state index is 0.0678. The highest BCUT2D eigenvalue weighted by molar-refractivity contribution is 5.97. The van der Waals surface area contributed by atoms with Crippen LogP contribution in [0, 0.1) is 0 Å². The molecule has 0 spiro atoms. The summed E-state index contributed by atoms with van der Waals surface area (Å²) in [6.07, 6.45) is 2.04. The van der Waals surface area contributed by atoms with E-state index < -0.39 is 0 Å². The van der Waals surface area contributed by atoms with Crippen molar-refractivity contribution in [1.82, 2.24) is 4.90 Å². The van der Waals surface area contributed by atoms with E-state index in [1.807, 2.05) is 44.7 Å². The van der Waals surface area contributed by atoms with Crippen LogP contribution in [0.5, 0.6) is 5.75 Å². The van der Waals surface area contributed by atoms with Crippen LogP contribution in [0.25, 0.3) is 0 Å². The molecule has 1 aliphatic rings. The number of carbonyl (C=O) groups excluding carboxylic acids is 1. The van der Waals surface area contributed by atoms with Crippen molar-refractivity contribution in [2.45, 2.75) is 46.1 Å². The SMILES string of the molecule is CC/C(=C\F)COc1ccc2c(c1)CCN(C(C)(C)C)C2=O. The van der Waals surface area contributed by atoms with Gasteiger partial charge in [0.05, 0.1) is 6.33 Å². The van der Waals surface area contributed by atoms with E-state index in [4.69, 9.17) is 4.74 Å². The maximum Gasteiger partial charge on any atom is 0.254 e. The summed E-state index contributed by atoms with van der Waals surface area (Å²) < 4.78 is 18.2. The van der Waals surface area contributed by atoms with Gasteiger partial charge in [0.1, 0.15) is 12.4 Å². The van der Waals surface area contributed by atoms with Gasteiger partial charge in [0.25, 0.3) is 5.91 Å². The largest absolute Gasteiger partial charge is 0.489 e. The number of hydrogen-bond acceptors (Lipinski definition) is 2. The molecule has 22 heavy (non-hydrogen) atoms. The van der Waals surface area contributed by atoms with Crippen molar-refractivity contribution in [2.75, 3.05) is 13.2 Å². The van der Waals surface area contributed by atoms with Gasteiger partial charge in [-0.25, -0.2) is 4.39 Å². The van der Waals surface area contributed by atoms with E-state index in [0.717, 1.165) is 17.5 Å². The van der Waals surface area contributed by atoms with E-state index >= 15 is 0 Å². The number of halogens is 1. The molecule has 1 aromatic rings. The molecular weight excluding hydrogens is 281 g/mol. The zero-order chi connectivity index (χ0) is 16.3. The zero-order valence-corrected chi connectivity index (χ0v) is 13.8. The summed E-state index contributed by atoms with van der Waals surface area (Å²) in [6, 6.07) is 5.50. The summed E-state index contributed by atoms with van der Waals surface area (Å²) in [7, 11) is 0. The van der Waals surface area contributed by atoms with Crippen molar-refractivity contribution < 1.29 is 13.9 Å². The van der Waals surface area contributed by atoms with Gasteiger partial charge < -0.3 is 9.64 Å². The number of ether oxygens (including phenoxy) is 1. The molecule has 2 rings (SSSR count). The molecule has 1 aliphatic heterocycles. The van der Waals surface area contributed by atoms with E-state index in [-0.39, 0.29) is 18.1 Å². The van der Waals surface area contributed by atoms with Gasteiger partial charge in [-0.3, -0.25) is 4.79 Å². The number of rotatable bonds is 4. The summed E-state index contributed by atoms with van der Waals surface area (Å²) in [5.74, 6) is 0.752. The average molecular weight is 305 g/mol. The molecule has 0 aromatic heterocycles. The van der Waals surface area contributed by atoms with Gasteiger partial charge in [0, 0.05) is 17.6 Å². The maximum atomic E-state index is 12.6. The molecule has 1 amide bonds. The molecule has 0 saturated carbocycles. The second kappa shape index (κ2) is 6.51. The Morgan fingerprint density at radius 1 is 1.41 bits per heavy atom. The molecule has 0 saturated heterocycles. The highest BCUT2D eigenvalue weighted by Crippen LogP contribution is 2.28. The van der Waals surface area contributed by atoms with Crippen LogP contribution in [0.4, 0.5) is 4.39 Å². The van der Waals surface area contributed by atoms with Crippen molar-refractivity contribution in [3.8, 4) is 5.75 Å². The van der Waals surface area contributed by atoms with Gasteiger partial charge in [-0.1, -0.05) is 6.92 Å². The quantitative estimate of drug-likeness (QED) is 0.837. The third-order valence-corrected chi connectivity index (χ3v) is 4.00. The maximum absolute atomic E-state index is 12.6. The second-order valence-corrected chi connectivity index (χ2v) is 6.61. The molecule has 3 nitrogen and oxygen atoms in total. The molecule has 0 bridgehead atoms. The molecule has 0 N–H and O–H groups in total. The standard InChI is InChI=1S/C18H24FNO2/c1-5-13(11-19)12-22-15-6-7-16-14(10-15)8-9-20(17(16)21)18(2,3)4/h6-7,10-11H,5,8-9,12H2,1-4H3/b13-11+. The first kappa shape index (κ1) is 16.5. The number of carbonyl (C=O) groups is 1. The minimum atomic E-state index is -0.175. The molecule has 1 heterocycles. The summed E-state index contributed by atoms with van der Waals surface area (Å²) in [5, 5.41) is 0. The van der Waals surface area contributed by atoms with Crippen LogP contribution < -0.4 is 4.74 Å². The van der Waals surface area contributed by atoms with Crippen molar-refractivity contribution in [3.05, 3.63) is 41.2 Å². The number of fused-ring (bicyclic) bond motifs is 1. The third kappa shape index (κ3) is 3.49. The fourth-order valence-electron chi connectivity index (χ4n) is 2.58. The van der Waals surface area contributed by atoms with E-state index in [2.05, 4.69) is 0 Å². The Labute approximate surface area is 131 Å². The molecule has 0 unspecified atom stereocenters. The first-order valence-electron chi connectivity index (χ1n) is 7.72. The van der Waals surface area contributed by atoms with Crippen LogP contribution in [0.15, 0.2) is 30.1 Å². The molecule has 120 valence electrons. The van der Waals surface area contributed by atoms with E-state index in [1.165, 1.54) is 0 Å². The van der Waals surface area contributed by atoms with Crippen LogP contribution in [-0.2, 0) is 6.42 Å². The molecule has 0 aliphatic carbocycles. The molecule has 0 atom stereocenters. The number of hydrogen-bond donors (Lipinski definition) is 0. The van der Waals surface area contributed by atoms with Crippen LogP contribution in [0.2, 0.25) is 0 Å². The highest BCUT2D eigenvalue weighted by atomic mass is 19.1. The predicted octanol–water partition coefficient (Wildman–Crippen LogP) is 4.13. The predicted molar refractivity (Wildman–Crippen MR) is 85.9 cm³/mol. The molecular formula is C18H24FNO2. The summed E-state index contributed by atoms with van der Waals surface area (Å²) in [4.78, 5) is 14.5. The average Bonchev–Trinajstić information content (AvgIpc) is 2.47. The Morgan fingerprint density at radius 3 is 2.73 bits per heavy atom. The Kier molecular flexibility index (Phi) is 4.89. The number of nitrogens with zero attached hydrogens (tertiary/aromatic N) is 1. The third-order valence-electron chi connectivity index (χ3n) is 4.00. The van der Waals surface area contributed by atoms with Crippen LogP contribution in [-0.4, -0.2) is 29.5 Å². The Morgan fingerprint density at radius 2 is 2.14 bits per heavy atom. The van der Waals surface area contributed by atoms with Crippen LogP contribution >= 0.6 is 0 Å². The van der Waals surface area contributed by atoms with Gasteiger partial charge in [-0.15, -0.1) is 0 Å². The summed E-state index contributed by atoms with van der Waals surface area (Å²) in [5.41, 5.74) is 2.19. The lowest BCUT2D eigenvalue weighted by molar-refractivity contribution is 0.0562. The van der Waals surface area contributed by atoms with Crippen LogP contribution in [0.1, 0.15) is 50.0 Å². The van der Waals surface area contributed by atoms with Gasteiger partial charge >= 0.3 is 0 Å². The number of benzene rings is 1. The van der Waals surface area contributed by atoms with Crippen LogP contribution in [0.3, 0.4) is 0 Å². The summed E-state index contributed by atoms with van der Waals surface area (Å²) >= 11 is 0. The minimum Gasteiger partial charge on any atom is -0.489 e. The zero-order valence-electron chi connectivity index (χ0n) is 13.8. The van der Waals surface area contributed by atoms with Gasteiger partial charge in [-0.05, 0) is 62.9 Å². The highest BCUT2D eigenvalue weighted by Gasteiger charge is 2.31. The van der Waals surface area contributed by atoms with E-state index in [0.29, 0.717) is 30.6 Å². The lowest BCUT2D eigenvalue weighted by Gasteiger charge is -2.39. The smallest absolute Gasteiger partial charge is 0.254 e. The molecule has 0 radical (unpaired) electrons. The van der Waals surface area contributed by atoms with E-state index in [9.17, 15) is 9.18 Å². The lowest BCUT2D eigenvalue weighted by atomic mass is 9.94. The second-order valence-electron chi connectivity index (χ2n) is 6.61. The van der Waals surface area contributed by atoms with Gasteiger partial charge in [-0.2, -0.15) is 0 Å². The Hall–Kier alpha value is -1.84. The Balaban J connectivity index is 2.15. The van der Waals surface area contributed by atoms with Crippen molar-refractivity contribution in [1.29, 1.82) is 0 Å². The topological polar surface area (TPSA) is 29.5 Å². The van der Waals surface area contributed by atoms with Crippen molar-refractivity contribution in [3.63, 3.8) is 0 Å². The summed E-state index contributed by atoms with van der Waals surface area (Å²) in [6.45, 7) is 8.98. The van der Waals surface area contributed by atoms with E-state index in [1.54, 1.807) is 6.07 Å². The number of amides is 1. The Bertz CT molecular complexity index is 587. The lowest BCUT2D eigenvalue weighted by Crippen LogP contribution is -2.49. The van der Waals surface area contributed by atoms with Gasteiger partial charge in [0.2, 0.25) is 0 Å². The molecule has 4 heteroatoms. The normalized spacial score (nSPS) is 15.8. The molecule has 1 aromatic carbocycles. The van der Waals surface area contributed by atoms with Crippen molar-refractivity contribution in [2.24, 2.45) is 0 Å². The first-order valence-corrected chi connectivity index (χ1v) is 7.72. The molecule has 0 fully saturated rings.